The number of aliphatic hydroxyl groups is 1. The number of hydrogen-bond donors (Lipinski definition) is 1. The summed E-state index contributed by atoms with van der Waals surface area (Å²) in [6.07, 6.45) is 0.0973. The number of sulfonamides is 1. The third-order valence-electron chi connectivity index (χ3n) is 3.59. The van der Waals surface area contributed by atoms with Crippen LogP contribution in [-0.2, 0) is 10.0 Å². The molecule has 0 radical (unpaired) electrons. The number of halogens is 1. The molecule has 2 atom stereocenters. The zero-order valence-corrected chi connectivity index (χ0v) is 13.4. The topological polar surface area (TPSA) is 66.8 Å². The summed E-state index contributed by atoms with van der Waals surface area (Å²) >= 11 is 5.97. The molecule has 7 heteroatoms. The summed E-state index contributed by atoms with van der Waals surface area (Å²) in [6, 6.07) is 4.25. The maximum Gasteiger partial charge on any atom is 0.211 e. The minimum Gasteiger partial charge on any atom is -0.485 e. The molecule has 0 bridgehead atoms. The molecule has 1 aromatic carbocycles. The highest BCUT2D eigenvalue weighted by molar-refractivity contribution is 7.88. The molecule has 112 valence electrons. The van der Waals surface area contributed by atoms with Gasteiger partial charge in [0.25, 0.3) is 0 Å². The van der Waals surface area contributed by atoms with Crippen molar-refractivity contribution >= 4 is 21.6 Å². The molecule has 1 aliphatic rings. The molecular weight excluding hydrogens is 302 g/mol. The number of hydrogen-bond acceptors (Lipinski definition) is 4. The number of benzene rings is 1. The summed E-state index contributed by atoms with van der Waals surface area (Å²) in [6.45, 7) is 3.44. The fraction of sp³-hybridized carbons (Fsp3) is 0.538. The predicted octanol–water partition coefficient (Wildman–Crippen LogP) is 1.80. The molecule has 0 spiro atoms. The monoisotopic (exact) mass is 319 g/mol. The lowest BCUT2D eigenvalue weighted by atomic mass is 9.86. The quantitative estimate of drug-likeness (QED) is 0.902. The van der Waals surface area contributed by atoms with E-state index in [9.17, 15) is 13.5 Å². The molecule has 1 aromatic rings. The lowest BCUT2D eigenvalue weighted by Crippen LogP contribution is -2.53. The van der Waals surface area contributed by atoms with E-state index < -0.39 is 27.8 Å². The Morgan fingerprint density at radius 1 is 1.40 bits per heavy atom. The Labute approximate surface area is 124 Å². The van der Waals surface area contributed by atoms with Gasteiger partial charge in [-0.05, 0) is 32.0 Å². The molecule has 2 rings (SSSR count). The molecule has 20 heavy (non-hydrogen) atoms. The van der Waals surface area contributed by atoms with Crippen molar-refractivity contribution in [2.45, 2.75) is 31.6 Å². The third-order valence-corrected chi connectivity index (χ3v) is 5.10. The molecule has 1 heterocycles. The number of fused-ring (bicyclic) bond motifs is 1. The van der Waals surface area contributed by atoms with Crippen LogP contribution in [0.5, 0.6) is 5.75 Å². The van der Waals surface area contributed by atoms with Gasteiger partial charge in [-0.25, -0.2) is 8.42 Å². The van der Waals surface area contributed by atoms with Gasteiger partial charge in [0.2, 0.25) is 10.0 Å². The van der Waals surface area contributed by atoms with E-state index in [-0.39, 0.29) is 0 Å². The van der Waals surface area contributed by atoms with Crippen LogP contribution in [0.25, 0.3) is 0 Å². The zero-order chi connectivity index (χ0) is 15.3. The van der Waals surface area contributed by atoms with Gasteiger partial charge in [-0.2, -0.15) is 4.31 Å². The van der Waals surface area contributed by atoms with Crippen molar-refractivity contribution in [1.29, 1.82) is 0 Å². The fourth-order valence-corrected chi connectivity index (χ4v) is 3.16. The molecule has 5 nitrogen and oxygen atoms in total. The fourth-order valence-electron chi connectivity index (χ4n) is 2.34. The molecule has 1 aliphatic heterocycles. The molecular formula is C13H18ClNO4S. The van der Waals surface area contributed by atoms with Crippen LogP contribution in [0.1, 0.15) is 25.5 Å². The average molecular weight is 320 g/mol. The van der Waals surface area contributed by atoms with Gasteiger partial charge in [0.15, 0.2) is 0 Å². The van der Waals surface area contributed by atoms with Crippen molar-refractivity contribution in [3.05, 3.63) is 28.8 Å². The van der Waals surface area contributed by atoms with Crippen LogP contribution in [0.4, 0.5) is 0 Å². The molecule has 1 N–H and O–H groups in total. The highest BCUT2D eigenvalue weighted by Crippen LogP contribution is 2.43. The highest BCUT2D eigenvalue weighted by Gasteiger charge is 2.46. The van der Waals surface area contributed by atoms with Crippen molar-refractivity contribution in [3.63, 3.8) is 0 Å². The summed E-state index contributed by atoms with van der Waals surface area (Å²) < 4.78 is 30.5. The number of rotatable bonds is 2. The van der Waals surface area contributed by atoms with Crippen molar-refractivity contribution < 1.29 is 18.3 Å². The van der Waals surface area contributed by atoms with Crippen molar-refractivity contribution in [3.8, 4) is 5.75 Å². The van der Waals surface area contributed by atoms with E-state index in [4.69, 9.17) is 16.3 Å². The summed E-state index contributed by atoms with van der Waals surface area (Å²) in [4.78, 5) is 0. The molecule has 0 saturated carbocycles. The Bertz CT molecular complexity index is 629. The SMILES string of the molecule is CN(C1c2cc(Cl)ccc2OC(C)(C)C1O)S(C)(=O)=O. The van der Waals surface area contributed by atoms with E-state index >= 15 is 0 Å². The Morgan fingerprint density at radius 3 is 2.55 bits per heavy atom. The minimum atomic E-state index is -3.47. The van der Waals surface area contributed by atoms with E-state index in [1.165, 1.54) is 7.05 Å². The lowest BCUT2D eigenvalue weighted by Gasteiger charge is -2.44. The second kappa shape index (κ2) is 4.87. The molecule has 0 fully saturated rings. The number of nitrogens with zero attached hydrogens (tertiary/aromatic N) is 1. The predicted molar refractivity (Wildman–Crippen MR) is 77.5 cm³/mol. The first-order valence-electron chi connectivity index (χ1n) is 6.13. The van der Waals surface area contributed by atoms with Crippen molar-refractivity contribution in [2.24, 2.45) is 0 Å². The molecule has 0 aliphatic carbocycles. The van der Waals surface area contributed by atoms with Crippen LogP contribution in [0.15, 0.2) is 18.2 Å². The van der Waals surface area contributed by atoms with E-state index in [0.717, 1.165) is 10.6 Å². The maximum absolute atomic E-state index is 11.8. The first-order chi connectivity index (χ1) is 9.04. The molecule has 0 aromatic heterocycles. The van der Waals surface area contributed by atoms with Gasteiger partial charge in [-0.1, -0.05) is 11.6 Å². The van der Waals surface area contributed by atoms with Crippen molar-refractivity contribution in [1.82, 2.24) is 4.31 Å². The van der Waals surface area contributed by atoms with Crippen LogP contribution < -0.4 is 4.74 Å². The van der Waals surface area contributed by atoms with Gasteiger partial charge >= 0.3 is 0 Å². The second-order valence-corrected chi connectivity index (χ2v) is 8.03. The molecule has 2 unspecified atom stereocenters. The van der Waals surface area contributed by atoms with Crippen molar-refractivity contribution in [2.75, 3.05) is 13.3 Å². The van der Waals surface area contributed by atoms with Crippen LogP contribution in [-0.4, -0.2) is 42.8 Å². The second-order valence-electron chi connectivity index (χ2n) is 5.56. The lowest BCUT2D eigenvalue weighted by molar-refractivity contribution is -0.0762. The summed E-state index contributed by atoms with van der Waals surface area (Å²) in [7, 11) is -2.03. The van der Waals surface area contributed by atoms with E-state index in [0.29, 0.717) is 16.3 Å². The van der Waals surface area contributed by atoms with Gasteiger partial charge in [0.1, 0.15) is 17.5 Å². The normalized spacial score (nSPS) is 25.1. The first-order valence-corrected chi connectivity index (χ1v) is 8.36. The standard InChI is InChI=1S/C13H18ClNO4S/c1-13(2)12(16)11(15(3)20(4,17)18)9-7-8(14)5-6-10(9)19-13/h5-7,11-12,16H,1-4H3. The van der Waals surface area contributed by atoms with Gasteiger partial charge in [-0.3, -0.25) is 0 Å². The third kappa shape index (κ3) is 2.65. The van der Waals surface area contributed by atoms with Gasteiger partial charge in [-0.15, -0.1) is 0 Å². The van der Waals surface area contributed by atoms with Gasteiger partial charge < -0.3 is 9.84 Å². The summed E-state index contributed by atoms with van der Waals surface area (Å²) in [5.41, 5.74) is -0.331. The van der Waals surface area contributed by atoms with E-state index in [1.54, 1.807) is 32.0 Å². The number of likely N-dealkylation sites (N-methyl/N-ethyl adjacent to an activating group) is 1. The zero-order valence-electron chi connectivity index (χ0n) is 11.8. The smallest absolute Gasteiger partial charge is 0.211 e. The molecule has 0 amide bonds. The maximum atomic E-state index is 11.8. The van der Waals surface area contributed by atoms with E-state index in [1.807, 2.05) is 0 Å². The minimum absolute atomic E-state index is 0.464. The summed E-state index contributed by atoms with van der Waals surface area (Å²) in [5, 5.41) is 11.0. The van der Waals surface area contributed by atoms with Crippen LogP contribution in [0.2, 0.25) is 5.02 Å². The number of aliphatic hydroxyl groups excluding tert-OH is 1. The highest BCUT2D eigenvalue weighted by atomic mass is 35.5. The Morgan fingerprint density at radius 2 is 2.00 bits per heavy atom. The molecule has 0 saturated heterocycles. The van der Waals surface area contributed by atoms with Crippen LogP contribution >= 0.6 is 11.6 Å². The average Bonchev–Trinajstić information content (AvgIpc) is 2.30. The first kappa shape index (κ1) is 15.6. The Kier molecular flexibility index (Phi) is 3.79. The van der Waals surface area contributed by atoms with Crippen LogP contribution in [0, 0.1) is 0 Å². The Hall–Kier alpha value is -0.820. The largest absolute Gasteiger partial charge is 0.485 e. The van der Waals surface area contributed by atoms with Crippen LogP contribution in [0.3, 0.4) is 0 Å². The summed E-state index contributed by atoms with van der Waals surface area (Å²) in [5.74, 6) is 0.533. The van der Waals surface area contributed by atoms with Gasteiger partial charge in [0, 0.05) is 17.6 Å². The number of ether oxygens (including phenoxy) is 1. The van der Waals surface area contributed by atoms with E-state index in [2.05, 4.69) is 0 Å². The van der Waals surface area contributed by atoms with Gasteiger partial charge in [0.05, 0.1) is 12.3 Å². The Balaban J connectivity index is 2.62.